The Morgan fingerprint density at radius 3 is 2.33 bits per heavy atom. The molecule has 0 aliphatic heterocycles. The Bertz CT molecular complexity index is 461. The normalized spacial score (nSPS) is 10.1. The minimum Gasteiger partial charge on any atom is -0.490 e. The number of hydrogen-bond donors (Lipinski definition) is 1. The third kappa shape index (κ3) is 3.94. The van der Waals surface area contributed by atoms with E-state index in [-0.39, 0.29) is 0 Å². The van der Waals surface area contributed by atoms with Crippen LogP contribution in [0.2, 0.25) is 0 Å². The Morgan fingerprint density at radius 1 is 1.00 bits per heavy atom. The van der Waals surface area contributed by atoms with E-state index in [1.54, 1.807) is 24.5 Å². The molecule has 0 bridgehead atoms. The molecule has 0 spiro atoms. The molecule has 0 aliphatic rings. The molecule has 1 N–H and O–H groups in total. The second-order valence-corrected chi connectivity index (χ2v) is 4.10. The maximum Gasteiger partial charge on any atom is 0.137 e. The zero-order valence-electron chi connectivity index (χ0n) is 9.65. The van der Waals surface area contributed by atoms with Gasteiger partial charge in [0.05, 0.1) is 6.20 Å². The number of rotatable bonds is 6. The van der Waals surface area contributed by atoms with Crippen molar-refractivity contribution in [1.82, 2.24) is 4.98 Å². The maximum atomic E-state index is 8.82. The van der Waals surface area contributed by atoms with Gasteiger partial charge in [-0.3, -0.25) is 4.98 Å². The smallest absolute Gasteiger partial charge is 0.137 e. The van der Waals surface area contributed by atoms with Crippen molar-refractivity contribution in [3.05, 3.63) is 48.8 Å². The Kier molecular flexibility index (Phi) is 4.87. The van der Waals surface area contributed by atoms with Crippen LogP contribution in [-0.4, -0.2) is 22.8 Å². The van der Waals surface area contributed by atoms with Crippen LogP contribution in [0.4, 0.5) is 0 Å². The van der Waals surface area contributed by atoms with Gasteiger partial charge in [0.15, 0.2) is 0 Å². The molecule has 1 aromatic carbocycles. The van der Waals surface area contributed by atoms with Crippen LogP contribution in [0.15, 0.2) is 53.7 Å². The van der Waals surface area contributed by atoms with Gasteiger partial charge in [-0.1, -0.05) is 0 Å². The van der Waals surface area contributed by atoms with E-state index < -0.39 is 0 Å². The lowest BCUT2D eigenvalue weighted by molar-refractivity contribution is 0.216. The van der Waals surface area contributed by atoms with Gasteiger partial charge in [-0.2, -0.15) is 0 Å². The molecule has 1 aromatic heterocycles. The summed E-state index contributed by atoms with van der Waals surface area (Å²) in [5, 5.41) is 0. The van der Waals surface area contributed by atoms with Gasteiger partial charge >= 0.3 is 0 Å². The fraction of sp³-hybridized carbons (Fsp3) is 0.154. The highest BCUT2D eigenvalue weighted by atomic mass is 32.2. The summed E-state index contributed by atoms with van der Waals surface area (Å²) in [6.45, 7) is 0.919. The van der Waals surface area contributed by atoms with Crippen molar-refractivity contribution in [2.75, 3.05) is 13.2 Å². The second kappa shape index (κ2) is 6.88. The Balaban J connectivity index is 1.72. The van der Waals surface area contributed by atoms with E-state index in [4.69, 9.17) is 14.0 Å². The quantitative estimate of drug-likeness (QED) is 0.641. The van der Waals surface area contributed by atoms with Crippen LogP contribution in [-0.2, 0) is 0 Å². The second-order valence-electron chi connectivity index (χ2n) is 3.45. The highest BCUT2D eigenvalue weighted by molar-refractivity contribution is 7.93. The molecular weight excluding hydrogens is 250 g/mol. The molecule has 5 heteroatoms. The fourth-order valence-corrected chi connectivity index (χ4v) is 1.61. The Hall–Kier alpha value is -1.72. The number of aromatic nitrogens is 1. The predicted molar refractivity (Wildman–Crippen MR) is 70.2 cm³/mol. The van der Waals surface area contributed by atoms with E-state index >= 15 is 0 Å². The van der Waals surface area contributed by atoms with E-state index in [2.05, 4.69) is 4.98 Å². The molecule has 0 saturated heterocycles. The van der Waals surface area contributed by atoms with Crippen LogP contribution in [0.25, 0.3) is 0 Å². The summed E-state index contributed by atoms with van der Waals surface area (Å²) in [5.74, 6) is 1.48. The maximum absolute atomic E-state index is 8.82. The Morgan fingerprint density at radius 2 is 1.72 bits per heavy atom. The van der Waals surface area contributed by atoms with Crippen molar-refractivity contribution in [2.24, 2.45) is 0 Å². The first-order chi connectivity index (χ1) is 8.88. The van der Waals surface area contributed by atoms with Crippen molar-refractivity contribution in [3.63, 3.8) is 0 Å². The summed E-state index contributed by atoms with van der Waals surface area (Å²) in [6.07, 6.45) is 3.36. The molecule has 0 radical (unpaired) electrons. The molecule has 0 atom stereocenters. The Labute approximate surface area is 110 Å². The zero-order valence-corrected chi connectivity index (χ0v) is 10.5. The predicted octanol–water partition coefficient (Wildman–Crippen LogP) is 3.10. The van der Waals surface area contributed by atoms with E-state index in [1.807, 2.05) is 24.3 Å². The number of pyridine rings is 1. The molecule has 18 heavy (non-hydrogen) atoms. The monoisotopic (exact) mass is 263 g/mol. The lowest BCUT2D eigenvalue weighted by atomic mass is 10.3. The summed E-state index contributed by atoms with van der Waals surface area (Å²) < 4.78 is 19.8. The van der Waals surface area contributed by atoms with E-state index in [0.717, 1.165) is 16.4 Å². The molecule has 0 saturated carbocycles. The van der Waals surface area contributed by atoms with Crippen LogP contribution in [0, 0.1) is 0 Å². The number of hydrogen-bond acceptors (Lipinski definition) is 5. The standard InChI is InChI=1S/C13H13NO3S/c15-18-13-5-3-11(4-6-13)16-8-9-17-12-2-1-7-14-10-12/h1-7,10,15H,8-9H2. The molecule has 2 aromatic rings. The molecule has 4 nitrogen and oxygen atoms in total. The highest BCUT2D eigenvalue weighted by Crippen LogP contribution is 2.18. The average Bonchev–Trinajstić information content (AvgIpc) is 2.45. The van der Waals surface area contributed by atoms with Gasteiger partial charge in [-0.25, -0.2) is 0 Å². The van der Waals surface area contributed by atoms with Gasteiger partial charge in [0.1, 0.15) is 24.7 Å². The van der Waals surface area contributed by atoms with E-state index in [9.17, 15) is 0 Å². The topological polar surface area (TPSA) is 51.6 Å². The lowest BCUT2D eigenvalue weighted by Gasteiger charge is -2.08. The SMILES string of the molecule is OSc1ccc(OCCOc2cccnc2)cc1. The zero-order chi connectivity index (χ0) is 12.6. The molecule has 0 fully saturated rings. The van der Waals surface area contributed by atoms with Crippen molar-refractivity contribution in [3.8, 4) is 11.5 Å². The van der Waals surface area contributed by atoms with E-state index in [1.165, 1.54) is 0 Å². The summed E-state index contributed by atoms with van der Waals surface area (Å²) in [7, 11) is 0. The van der Waals surface area contributed by atoms with Crippen LogP contribution >= 0.6 is 12.0 Å². The first-order valence-corrected chi connectivity index (χ1v) is 6.23. The average molecular weight is 263 g/mol. The first-order valence-electron chi connectivity index (χ1n) is 5.45. The van der Waals surface area contributed by atoms with E-state index in [0.29, 0.717) is 25.3 Å². The summed E-state index contributed by atoms with van der Waals surface area (Å²) in [6, 6.07) is 10.9. The van der Waals surface area contributed by atoms with Crippen molar-refractivity contribution >= 4 is 12.0 Å². The largest absolute Gasteiger partial charge is 0.490 e. The third-order valence-electron chi connectivity index (χ3n) is 2.18. The summed E-state index contributed by atoms with van der Waals surface area (Å²) in [5.41, 5.74) is 0. The molecule has 2 rings (SSSR count). The first kappa shape index (κ1) is 12.7. The third-order valence-corrected chi connectivity index (χ3v) is 2.67. The minimum atomic E-state index is 0.459. The molecule has 0 unspecified atom stereocenters. The van der Waals surface area contributed by atoms with Gasteiger partial charge < -0.3 is 14.0 Å². The van der Waals surface area contributed by atoms with Gasteiger partial charge in [0.25, 0.3) is 0 Å². The number of benzene rings is 1. The van der Waals surface area contributed by atoms with Crippen molar-refractivity contribution < 1.29 is 14.0 Å². The molecule has 94 valence electrons. The highest BCUT2D eigenvalue weighted by Gasteiger charge is 1.96. The molecular formula is C13H13NO3S. The number of nitrogens with zero attached hydrogens (tertiary/aromatic N) is 1. The lowest BCUT2D eigenvalue weighted by Crippen LogP contribution is -2.08. The van der Waals surface area contributed by atoms with Gasteiger partial charge in [-0.05, 0) is 36.4 Å². The van der Waals surface area contributed by atoms with Gasteiger partial charge in [0, 0.05) is 23.1 Å². The summed E-state index contributed by atoms with van der Waals surface area (Å²) in [4.78, 5) is 4.73. The van der Waals surface area contributed by atoms with Gasteiger partial charge in [-0.15, -0.1) is 0 Å². The summed E-state index contributed by atoms with van der Waals surface area (Å²) >= 11 is 0.716. The van der Waals surface area contributed by atoms with Crippen LogP contribution in [0.1, 0.15) is 0 Å². The van der Waals surface area contributed by atoms with Crippen LogP contribution in [0.3, 0.4) is 0 Å². The van der Waals surface area contributed by atoms with Crippen molar-refractivity contribution in [2.45, 2.75) is 4.90 Å². The van der Waals surface area contributed by atoms with Gasteiger partial charge in [0.2, 0.25) is 0 Å². The molecule has 1 heterocycles. The van der Waals surface area contributed by atoms with Crippen LogP contribution < -0.4 is 9.47 Å². The van der Waals surface area contributed by atoms with Crippen LogP contribution in [0.5, 0.6) is 11.5 Å². The van der Waals surface area contributed by atoms with Crippen molar-refractivity contribution in [1.29, 1.82) is 0 Å². The molecule has 0 aliphatic carbocycles. The number of ether oxygens (including phenoxy) is 2. The fourth-order valence-electron chi connectivity index (χ4n) is 1.35. The minimum absolute atomic E-state index is 0.459. The molecule has 0 amide bonds.